The molecule has 1 aromatic rings. The summed E-state index contributed by atoms with van der Waals surface area (Å²) >= 11 is 0. The van der Waals surface area contributed by atoms with Crippen LogP contribution in [0.3, 0.4) is 0 Å². The quantitative estimate of drug-likeness (QED) is 0.773. The zero-order valence-corrected chi connectivity index (χ0v) is 10.0. The molecule has 0 unspecified atom stereocenters. The van der Waals surface area contributed by atoms with Crippen LogP contribution >= 0.6 is 0 Å². The van der Waals surface area contributed by atoms with E-state index in [0.717, 1.165) is 0 Å². The molecule has 0 N–H and O–H groups in total. The number of ether oxygens (including phenoxy) is 1. The second kappa shape index (κ2) is 6.05. The van der Waals surface area contributed by atoms with Crippen LogP contribution in [-0.2, 0) is 16.0 Å². The number of pyridine rings is 1. The average molecular weight is 254 g/mol. The van der Waals surface area contributed by atoms with Crippen molar-refractivity contribution in [3.63, 3.8) is 0 Å². The van der Waals surface area contributed by atoms with Crippen LogP contribution in [0, 0.1) is 18.3 Å². The predicted molar refractivity (Wildman–Crippen MR) is 59.0 cm³/mol. The molecule has 1 aromatic heterocycles. The number of carbonyl (C=O) groups excluding carboxylic acids is 1. The summed E-state index contributed by atoms with van der Waals surface area (Å²) in [6, 6.07) is 3.12. The van der Waals surface area contributed by atoms with Crippen LogP contribution < -0.4 is 0 Å². The topological polar surface area (TPSA) is 63.0 Å². The molecule has 0 saturated heterocycles. The third kappa shape index (κ3) is 3.23. The van der Waals surface area contributed by atoms with Gasteiger partial charge in [0.2, 0.25) is 0 Å². The minimum atomic E-state index is -2.85. The number of esters is 1. The smallest absolute Gasteiger partial charge is 0.310 e. The number of hydrogen-bond acceptors (Lipinski definition) is 4. The maximum Gasteiger partial charge on any atom is 0.310 e. The zero-order valence-electron chi connectivity index (χ0n) is 10.0. The highest BCUT2D eigenvalue weighted by molar-refractivity contribution is 5.73. The van der Waals surface area contributed by atoms with Crippen molar-refractivity contribution in [2.24, 2.45) is 0 Å². The number of halogens is 2. The number of nitrogens with zero attached hydrogens (tertiary/aromatic N) is 2. The Kier molecular flexibility index (Phi) is 4.72. The first kappa shape index (κ1) is 14.0. The highest BCUT2D eigenvalue weighted by Crippen LogP contribution is 2.24. The van der Waals surface area contributed by atoms with Crippen LogP contribution in [0.4, 0.5) is 8.78 Å². The van der Waals surface area contributed by atoms with Crippen molar-refractivity contribution in [3.05, 3.63) is 28.6 Å². The Morgan fingerprint density at radius 1 is 1.61 bits per heavy atom. The summed E-state index contributed by atoms with van der Waals surface area (Å²) in [5.74, 6) is -0.556. The number of aromatic nitrogens is 1. The number of carbonyl (C=O) groups is 1. The predicted octanol–water partition coefficient (Wildman–Crippen LogP) is 2.30. The first-order valence-electron chi connectivity index (χ1n) is 5.33. The molecule has 0 atom stereocenters. The third-order valence-electron chi connectivity index (χ3n) is 2.22. The second-order valence-corrected chi connectivity index (χ2v) is 3.58. The van der Waals surface area contributed by atoms with E-state index in [1.165, 1.54) is 13.0 Å². The lowest BCUT2D eigenvalue weighted by atomic mass is 10.0. The summed E-state index contributed by atoms with van der Waals surface area (Å²) in [7, 11) is 0. The van der Waals surface area contributed by atoms with Crippen molar-refractivity contribution < 1.29 is 18.3 Å². The minimum Gasteiger partial charge on any atom is -0.466 e. The highest BCUT2D eigenvalue weighted by Gasteiger charge is 2.20. The van der Waals surface area contributed by atoms with Gasteiger partial charge in [0.1, 0.15) is 11.8 Å². The third-order valence-corrected chi connectivity index (χ3v) is 2.22. The Hall–Kier alpha value is -2.03. The summed E-state index contributed by atoms with van der Waals surface area (Å²) in [6.07, 6.45) is -3.06. The maximum atomic E-state index is 12.7. The molecule has 0 bridgehead atoms. The number of aryl methyl sites for hydroxylation is 1. The van der Waals surface area contributed by atoms with Gasteiger partial charge in [-0.05, 0) is 25.5 Å². The van der Waals surface area contributed by atoms with Gasteiger partial charge in [-0.25, -0.2) is 8.78 Å². The van der Waals surface area contributed by atoms with Crippen molar-refractivity contribution in [3.8, 4) is 6.07 Å². The van der Waals surface area contributed by atoms with E-state index < -0.39 is 18.1 Å². The van der Waals surface area contributed by atoms with E-state index in [0.29, 0.717) is 5.69 Å². The van der Waals surface area contributed by atoms with Gasteiger partial charge >= 0.3 is 5.97 Å². The standard InChI is InChI=1S/C12H12F2N2O2/c1-3-18-10(17)5-8-4-7(2)16-11(12(13)14)9(8)6-15/h4,12H,3,5H2,1-2H3. The fourth-order valence-electron chi connectivity index (χ4n) is 1.56. The molecule has 0 aromatic carbocycles. The van der Waals surface area contributed by atoms with Crippen molar-refractivity contribution in [1.29, 1.82) is 5.26 Å². The molecule has 0 aliphatic carbocycles. The van der Waals surface area contributed by atoms with Crippen LogP contribution in [0.15, 0.2) is 6.07 Å². The molecule has 0 aliphatic rings. The molecule has 0 amide bonds. The molecular weight excluding hydrogens is 242 g/mol. The van der Waals surface area contributed by atoms with Gasteiger partial charge in [-0.15, -0.1) is 0 Å². The van der Waals surface area contributed by atoms with Crippen LogP contribution in [0.5, 0.6) is 0 Å². The van der Waals surface area contributed by atoms with E-state index in [1.807, 2.05) is 0 Å². The minimum absolute atomic E-state index is 0.201. The van der Waals surface area contributed by atoms with E-state index in [-0.39, 0.29) is 24.2 Å². The Labute approximate surface area is 103 Å². The normalized spacial score (nSPS) is 10.2. The van der Waals surface area contributed by atoms with E-state index in [4.69, 9.17) is 10.00 Å². The fraction of sp³-hybridized carbons (Fsp3) is 0.417. The number of rotatable bonds is 4. The Morgan fingerprint density at radius 2 is 2.28 bits per heavy atom. The number of alkyl halides is 2. The Bertz CT molecular complexity index is 496. The molecule has 4 nitrogen and oxygen atoms in total. The van der Waals surface area contributed by atoms with Crippen molar-refractivity contribution in [1.82, 2.24) is 4.98 Å². The lowest BCUT2D eigenvalue weighted by Gasteiger charge is -2.09. The van der Waals surface area contributed by atoms with E-state index in [1.54, 1.807) is 13.0 Å². The zero-order chi connectivity index (χ0) is 13.7. The summed E-state index contributed by atoms with van der Waals surface area (Å²) in [4.78, 5) is 15.0. The van der Waals surface area contributed by atoms with E-state index in [9.17, 15) is 13.6 Å². The SMILES string of the molecule is CCOC(=O)Cc1cc(C)nc(C(F)F)c1C#N. The van der Waals surface area contributed by atoms with Crippen molar-refractivity contribution in [2.45, 2.75) is 26.7 Å². The molecule has 0 radical (unpaired) electrons. The highest BCUT2D eigenvalue weighted by atomic mass is 19.3. The van der Waals surface area contributed by atoms with Crippen LogP contribution in [0.2, 0.25) is 0 Å². The van der Waals surface area contributed by atoms with Gasteiger partial charge in [-0.2, -0.15) is 5.26 Å². The molecule has 18 heavy (non-hydrogen) atoms. The van der Waals surface area contributed by atoms with Crippen LogP contribution in [0.1, 0.15) is 35.9 Å². The molecule has 0 spiro atoms. The van der Waals surface area contributed by atoms with Gasteiger partial charge in [0.05, 0.1) is 18.6 Å². The monoisotopic (exact) mass is 254 g/mol. The summed E-state index contributed by atoms with van der Waals surface area (Å²) in [5.41, 5.74) is -0.275. The van der Waals surface area contributed by atoms with Gasteiger partial charge in [0, 0.05) is 5.69 Å². The van der Waals surface area contributed by atoms with E-state index in [2.05, 4.69) is 4.98 Å². The first-order chi connectivity index (χ1) is 8.49. The summed E-state index contributed by atoms with van der Waals surface area (Å²) in [6.45, 7) is 3.37. The lowest BCUT2D eigenvalue weighted by Crippen LogP contribution is -2.11. The fourth-order valence-corrected chi connectivity index (χ4v) is 1.56. The van der Waals surface area contributed by atoms with Crippen LogP contribution in [-0.4, -0.2) is 17.6 Å². The van der Waals surface area contributed by atoms with Gasteiger partial charge in [-0.1, -0.05) is 0 Å². The second-order valence-electron chi connectivity index (χ2n) is 3.58. The van der Waals surface area contributed by atoms with Gasteiger partial charge < -0.3 is 4.74 Å². The molecular formula is C12H12F2N2O2. The largest absolute Gasteiger partial charge is 0.466 e. The lowest BCUT2D eigenvalue weighted by molar-refractivity contribution is -0.142. The first-order valence-corrected chi connectivity index (χ1v) is 5.33. The number of hydrogen-bond donors (Lipinski definition) is 0. The molecule has 6 heteroatoms. The average Bonchev–Trinajstić information content (AvgIpc) is 2.28. The molecule has 1 heterocycles. The van der Waals surface area contributed by atoms with Gasteiger partial charge in [0.25, 0.3) is 6.43 Å². The summed E-state index contributed by atoms with van der Waals surface area (Å²) < 4.78 is 30.2. The maximum absolute atomic E-state index is 12.7. The Balaban J connectivity index is 3.18. The molecule has 0 saturated carbocycles. The molecule has 1 rings (SSSR count). The Morgan fingerprint density at radius 3 is 2.78 bits per heavy atom. The molecule has 0 aliphatic heterocycles. The number of nitriles is 1. The summed E-state index contributed by atoms with van der Waals surface area (Å²) in [5, 5.41) is 8.91. The van der Waals surface area contributed by atoms with Crippen LogP contribution in [0.25, 0.3) is 0 Å². The van der Waals surface area contributed by atoms with Gasteiger partial charge in [0.15, 0.2) is 0 Å². The van der Waals surface area contributed by atoms with Crippen molar-refractivity contribution >= 4 is 5.97 Å². The van der Waals surface area contributed by atoms with E-state index >= 15 is 0 Å². The molecule has 0 fully saturated rings. The molecule has 96 valence electrons. The van der Waals surface area contributed by atoms with Crippen molar-refractivity contribution in [2.75, 3.05) is 6.61 Å². The van der Waals surface area contributed by atoms with Gasteiger partial charge in [-0.3, -0.25) is 9.78 Å².